The number of rotatable bonds is 6. The molecule has 0 radical (unpaired) electrons. The molecule has 150 valence electrons. The molecule has 0 saturated heterocycles. The van der Waals surface area contributed by atoms with Crippen molar-refractivity contribution in [1.29, 1.82) is 0 Å². The quantitative estimate of drug-likeness (QED) is 0.438. The predicted molar refractivity (Wildman–Crippen MR) is 104 cm³/mol. The van der Waals surface area contributed by atoms with Crippen LogP contribution in [0.5, 0.6) is 0 Å². The number of benzene rings is 2. The second-order valence-corrected chi connectivity index (χ2v) is 7.25. The first-order valence-electron chi connectivity index (χ1n) is 8.81. The zero-order chi connectivity index (χ0) is 21.3. The topological polar surface area (TPSA) is 0 Å². The number of halogens is 5. The van der Waals surface area contributed by atoms with Gasteiger partial charge >= 0.3 is 0 Å². The molecule has 0 fully saturated rings. The van der Waals surface area contributed by atoms with E-state index in [9.17, 15) is 22.0 Å². The van der Waals surface area contributed by atoms with Crippen LogP contribution in [0.15, 0.2) is 49.1 Å². The van der Waals surface area contributed by atoms with Crippen LogP contribution in [0.2, 0.25) is 0 Å². The molecule has 0 aliphatic heterocycles. The number of alkyl halides is 4. The van der Waals surface area contributed by atoms with Crippen molar-refractivity contribution in [3.8, 4) is 0 Å². The van der Waals surface area contributed by atoms with Crippen molar-refractivity contribution in [2.24, 2.45) is 0 Å². The molecule has 1 unspecified atom stereocenters. The van der Waals surface area contributed by atoms with Crippen molar-refractivity contribution in [2.45, 2.75) is 45.5 Å². The smallest absolute Gasteiger partial charge is 0.207 e. The Morgan fingerprint density at radius 1 is 1.00 bits per heavy atom. The molecule has 0 bridgehead atoms. The molecular formula is C23H23F5. The monoisotopic (exact) mass is 394 g/mol. The van der Waals surface area contributed by atoms with Gasteiger partial charge < -0.3 is 0 Å². The fourth-order valence-electron chi connectivity index (χ4n) is 3.16. The van der Waals surface area contributed by atoms with Crippen LogP contribution in [0.4, 0.5) is 22.0 Å². The maximum atomic E-state index is 14.8. The van der Waals surface area contributed by atoms with Gasteiger partial charge in [0.2, 0.25) is 0 Å². The van der Waals surface area contributed by atoms with E-state index in [2.05, 4.69) is 6.58 Å². The molecule has 0 nitrogen and oxygen atoms in total. The van der Waals surface area contributed by atoms with Crippen LogP contribution >= 0.6 is 0 Å². The van der Waals surface area contributed by atoms with E-state index in [1.807, 2.05) is 0 Å². The molecule has 0 heterocycles. The van der Waals surface area contributed by atoms with E-state index in [1.54, 1.807) is 19.1 Å². The third-order valence-corrected chi connectivity index (χ3v) is 4.56. The second-order valence-electron chi connectivity index (χ2n) is 7.25. The summed E-state index contributed by atoms with van der Waals surface area (Å²) in [6.45, 7) is 8.30. The van der Waals surface area contributed by atoms with Crippen LogP contribution in [-0.4, -0.2) is 5.92 Å². The minimum atomic E-state index is -3.26. The van der Waals surface area contributed by atoms with E-state index in [4.69, 9.17) is 0 Å². The normalized spacial score (nSPS) is 14.1. The summed E-state index contributed by atoms with van der Waals surface area (Å²) in [6.07, 6.45) is 2.32. The molecule has 0 aliphatic rings. The largest absolute Gasteiger partial charge is 0.270 e. The zero-order valence-electron chi connectivity index (χ0n) is 16.3. The molecule has 2 aromatic rings. The van der Waals surface area contributed by atoms with Crippen molar-refractivity contribution < 1.29 is 22.0 Å². The number of hydrogen-bond donors (Lipinski definition) is 0. The lowest BCUT2D eigenvalue weighted by molar-refractivity contribution is 0.00658. The van der Waals surface area contributed by atoms with Crippen LogP contribution in [0.1, 0.15) is 53.1 Å². The van der Waals surface area contributed by atoms with Crippen molar-refractivity contribution in [1.82, 2.24) is 0 Å². The van der Waals surface area contributed by atoms with E-state index in [0.717, 1.165) is 17.7 Å². The minimum absolute atomic E-state index is 0.159. The summed E-state index contributed by atoms with van der Waals surface area (Å²) < 4.78 is 70.9. The average molecular weight is 394 g/mol. The van der Waals surface area contributed by atoms with E-state index in [-0.39, 0.29) is 16.7 Å². The molecule has 5 heteroatoms. The Hall–Kier alpha value is -2.43. The number of allylic oxidation sites excluding steroid dienone is 1. The van der Waals surface area contributed by atoms with Crippen molar-refractivity contribution in [3.05, 3.63) is 82.4 Å². The Balaban J connectivity index is 2.57. The Bertz CT molecular complexity index is 898. The molecule has 0 aromatic heterocycles. The van der Waals surface area contributed by atoms with E-state index >= 15 is 0 Å². The number of hydrogen-bond acceptors (Lipinski definition) is 0. The maximum Gasteiger partial charge on any atom is 0.270 e. The Morgan fingerprint density at radius 3 is 2.18 bits per heavy atom. The maximum absolute atomic E-state index is 14.8. The molecule has 0 aliphatic carbocycles. The number of aryl methyl sites for hydroxylation is 2. The summed E-state index contributed by atoms with van der Waals surface area (Å²) in [5.74, 6) is -8.95. The van der Waals surface area contributed by atoms with Gasteiger partial charge in [-0.2, -0.15) is 0 Å². The van der Waals surface area contributed by atoms with Crippen molar-refractivity contribution >= 4 is 11.9 Å². The highest BCUT2D eigenvalue weighted by Crippen LogP contribution is 2.39. The molecule has 0 spiro atoms. The lowest BCUT2D eigenvalue weighted by Crippen LogP contribution is -2.21. The van der Waals surface area contributed by atoms with E-state index in [1.165, 1.54) is 31.2 Å². The fraction of sp³-hybridized carbons (Fsp3) is 0.304. The lowest BCUT2D eigenvalue weighted by atomic mass is 9.89. The predicted octanol–water partition coefficient (Wildman–Crippen LogP) is 7.81. The zero-order valence-corrected chi connectivity index (χ0v) is 16.3. The van der Waals surface area contributed by atoms with Crippen molar-refractivity contribution in [2.75, 3.05) is 0 Å². The van der Waals surface area contributed by atoms with Gasteiger partial charge in [-0.25, -0.2) is 22.0 Å². The molecule has 0 amide bonds. The molecule has 1 atom stereocenters. The summed E-state index contributed by atoms with van der Waals surface area (Å²) in [6, 6.07) is 8.53. The fourth-order valence-corrected chi connectivity index (χ4v) is 3.16. The highest BCUT2D eigenvalue weighted by atomic mass is 19.3. The third kappa shape index (κ3) is 5.09. The van der Waals surface area contributed by atoms with E-state index in [0.29, 0.717) is 25.0 Å². The molecule has 0 N–H and O–H groups in total. The van der Waals surface area contributed by atoms with Gasteiger partial charge in [0.05, 0.1) is 5.92 Å². The molecular weight excluding hydrogens is 371 g/mol. The van der Waals surface area contributed by atoms with Crippen LogP contribution in [0.3, 0.4) is 0 Å². The van der Waals surface area contributed by atoms with Gasteiger partial charge in [0.25, 0.3) is 11.8 Å². The summed E-state index contributed by atoms with van der Waals surface area (Å²) in [7, 11) is 0. The van der Waals surface area contributed by atoms with Crippen LogP contribution in [0.25, 0.3) is 11.9 Å². The molecule has 28 heavy (non-hydrogen) atoms. The van der Waals surface area contributed by atoms with Gasteiger partial charge in [-0.05, 0) is 42.7 Å². The Kier molecular flexibility index (Phi) is 6.17. The molecule has 2 rings (SSSR count). The van der Waals surface area contributed by atoms with E-state index < -0.39 is 23.6 Å². The summed E-state index contributed by atoms with van der Waals surface area (Å²) in [5.41, 5.74) is 1.41. The lowest BCUT2D eigenvalue weighted by Gasteiger charge is -2.22. The molecule has 0 saturated carbocycles. The van der Waals surface area contributed by atoms with Gasteiger partial charge in [-0.3, -0.25) is 0 Å². The SMILES string of the molecule is C=Cc1cc(C)cc(C(/C=C(\F)c2ccc(C)c(C(C)(F)F)c2)C(C)(F)F)c1. The highest BCUT2D eigenvalue weighted by molar-refractivity contribution is 5.63. The molecule has 2 aromatic carbocycles. The van der Waals surface area contributed by atoms with Gasteiger partial charge in [-0.15, -0.1) is 0 Å². The standard InChI is InChI=1S/C23H23F5/c1-6-16-9-14(2)10-18(11-16)20(23(5,27)28)13-21(24)17-8-7-15(3)19(12-17)22(4,25)26/h6-13,20H,1H2,2-5H3/b21-13-. The Labute approximate surface area is 162 Å². The first kappa shape index (κ1) is 21.9. The third-order valence-electron chi connectivity index (χ3n) is 4.56. The Morgan fingerprint density at radius 2 is 1.64 bits per heavy atom. The highest BCUT2D eigenvalue weighted by Gasteiger charge is 2.35. The van der Waals surface area contributed by atoms with Crippen LogP contribution in [0, 0.1) is 13.8 Å². The first-order valence-corrected chi connectivity index (χ1v) is 8.81. The van der Waals surface area contributed by atoms with Gasteiger partial charge in [-0.1, -0.05) is 48.6 Å². The van der Waals surface area contributed by atoms with Crippen LogP contribution < -0.4 is 0 Å². The van der Waals surface area contributed by atoms with Gasteiger partial charge in [0.15, 0.2) is 0 Å². The first-order chi connectivity index (χ1) is 12.8. The summed E-state index contributed by atoms with van der Waals surface area (Å²) >= 11 is 0. The summed E-state index contributed by atoms with van der Waals surface area (Å²) in [5, 5.41) is 0. The average Bonchev–Trinajstić information content (AvgIpc) is 2.57. The minimum Gasteiger partial charge on any atom is -0.207 e. The van der Waals surface area contributed by atoms with Crippen LogP contribution in [-0.2, 0) is 5.92 Å². The van der Waals surface area contributed by atoms with Crippen molar-refractivity contribution in [3.63, 3.8) is 0 Å². The second kappa shape index (κ2) is 7.90. The van der Waals surface area contributed by atoms with Gasteiger partial charge in [0, 0.05) is 25.0 Å². The van der Waals surface area contributed by atoms with Gasteiger partial charge in [0.1, 0.15) is 5.83 Å². The summed E-state index contributed by atoms with van der Waals surface area (Å²) in [4.78, 5) is 0.